The second-order valence-electron chi connectivity index (χ2n) is 6.31. The summed E-state index contributed by atoms with van der Waals surface area (Å²) in [5.74, 6) is -0.0985. The molecule has 26 heavy (non-hydrogen) atoms. The number of carbonyl (C=O) groups is 1. The maximum Gasteiger partial charge on any atom is 0.257 e. The zero-order valence-electron chi connectivity index (χ0n) is 14.5. The lowest BCUT2D eigenvalue weighted by Gasteiger charge is -2.28. The summed E-state index contributed by atoms with van der Waals surface area (Å²) in [4.78, 5) is 14.6. The lowest BCUT2D eigenvalue weighted by atomic mass is 10.1. The lowest BCUT2D eigenvalue weighted by molar-refractivity contribution is -0.110. The van der Waals surface area contributed by atoms with E-state index in [4.69, 9.17) is 4.74 Å². The number of morpholine rings is 1. The molecule has 2 aromatic carbocycles. The summed E-state index contributed by atoms with van der Waals surface area (Å²) in [5, 5.41) is 6.13. The number of anilines is 3. The van der Waals surface area contributed by atoms with Gasteiger partial charge in [0.1, 0.15) is 0 Å². The van der Waals surface area contributed by atoms with Crippen molar-refractivity contribution in [2.75, 3.05) is 41.8 Å². The maximum atomic E-state index is 12.2. The maximum absolute atomic E-state index is 12.2. The smallest absolute Gasteiger partial charge is 0.257 e. The van der Waals surface area contributed by atoms with E-state index in [2.05, 4.69) is 34.2 Å². The number of fused-ring (bicyclic) bond motifs is 1. The van der Waals surface area contributed by atoms with Gasteiger partial charge in [-0.05, 0) is 35.9 Å². The van der Waals surface area contributed by atoms with Gasteiger partial charge in [-0.25, -0.2) is 0 Å². The van der Waals surface area contributed by atoms with Crippen LogP contribution < -0.4 is 15.5 Å². The second-order valence-corrected chi connectivity index (χ2v) is 6.31. The molecule has 4 rings (SSSR count). The first-order chi connectivity index (χ1) is 12.7. The Morgan fingerprint density at radius 1 is 1.12 bits per heavy atom. The number of ether oxygens (including phenoxy) is 1. The average molecular weight is 347 g/mol. The highest BCUT2D eigenvalue weighted by molar-refractivity contribution is 6.31. The van der Waals surface area contributed by atoms with Crippen molar-refractivity contribution in [1.82, 2.24) is 0 Å². The standard InChI is InChI=1S/C21H21N3O2/c1-2-15-3-8-18-19(21(25)23-20(18)13-15)14-22-16-4-6-17(7-5-16)24-9-11-26-12-10-24/h2-8,13-14,22H,1,9-12H2,(H,23,25)/b19-14+. The Balaban J connectivity index is 1.50. The molecule has 5 nitrogen and oxygen atoms in total. The van der Waals surface area contributed by atoms with E-state index in [1.165, 1.54) is 5.69 Å². The molecule has 0 unspecified atom stereocenters. The Morgan fingerprint density at radius 3 is 2.62 bits per heavy atom. The van der Waals surface area contributed by atoms with Crippen LogP contribution in [0.4, 0.5) is 17.1 Å². The van der Waals surface area contributed by atoms with Crippen LogP contribution >= 0.6 is 0 Å². The van der Waals surface area contributed by atoms with Crippen LogP contribution in [0.3, 0.4) is 0 Å². The Morgan fingerprint density at radius 2 is 1.88 bits per heavy atom. The zero-order valence-corrected chi connectivity index (χ0v) is 14.5. The normalized spacial score (nSPS) is 17.8. The molecule has 2 aliphatic heterocycles. The molecule has 0 atom stereocenters. The number of nitrogens with one attached hydrogen (secondary N) is 2. The summed E-state index contributed by atoms with van der Waals surface area (Å²) < 4.78 is 5.39. The fourth-order valence-electron chi connectivity index (χ4n) is 3.23. The van der Waals surface area contributed by atoms with Crippen LogP contribution in [0.25, 0.3) is 11.6 Å². The number of nitrogens with zero attached hydrogens (tertiary/aromatic N) is 1. The van der Waals surface area contributed by atoms with Crippen molar-refractivity contribution in [3.05, 3.63) is 66.4 Å². The SMILES string of the molecule is C=Cc1ccc2c(c1)NC(=O)/C2=C/Nc1ccc(N2CCOCC2)cc1. The highest BCUT2D eigenvalue weighted by Gasteiger charge is 2.23. The second kappa shape index (κ2) is 7.06. The minimum atomic E-state index is -0.0985. The molecular weight excluding hydrogens is 326 g/mol. The summed E-state index contributed by atoms with van der Waals surface area (Å²) >= 11 is 0. The first-order valence-electron chi connectivity index (χ1n) is 8.72. The Hall–Kier alpha value is -3.05. The van der Waals surface area contributed by atoms with Crippen LogP contribution in [0.15, 0.2) is 55.2 Å². The van der Waals surface area contributed by atoms with Gasteiger partial charge in [0, 0.05) is 41.9 Å². The van der Waals surface area contributed by atoms with E-state index in [1.54, 1.807) is 12.3 Å². The molecule has 2 aliphatic rings. The number of benzene rings is 2. The van der Waals surface area contributed by atoms with Gasteiger partial charge in [0.25, 0.3) is 5.91 Å². The number of amides is 1. The highest BCUT2D eigenvalue weighted by Crippen LogP contribution is 2.32. The van der Waals surface area contributed by atoms with Crippen LogP contribution in [-0.2, 0) is 9.53 Å². The quantitative estimate of drug-likeness (QED) is 0.830. The molecule has 0 aromatic heterocycles. The monoisotopic (exact) mass is 347 g/mol. The average Bonchev–Trinajstić information content (AvgIpc) is 3.01. The molecule has 2 heterocycles. The van der Waals surface area contributed by atoms with Crippen molar-refractivity contribution < 1.29 is 9.53 Å². The third-order valence-corrected chi connectivity index (χ3v) is 4.69. The van der Waals surface area contributed by atoms with Crippen LogP contribution in [-0.4, -0.2) is 32.2 Å². The molecule has 2 aromatic rings. The van der Waals surface area contributed by atoms with Crippen molar-refractivity contribution in [2.24, 2.45) is 0 Å². The van der Waals surface area contributed by atoms with Gasteiger partial charge in [0.15, 0.2) is 0 Å². The van der Waals surface area contributed by atoms with Crippen molar-refractivity contribution in [2.45, 2.75) is 0 Å². The summed E-state index contributed by atoms with van der Waals surface area (Å²) in [6.07, 6.45) is 3.53. The Labute approximate surface area is 153 Å². The predicted octanol–water partition coefficient (Wildman–Crippen LogP) is 3.57. The molecule has 5 heteroatoms. The van der Waals surface area contributed by atoms with Gasteiger partial charge < -0.3 is 20.3 Å². The molecule has 132 valence electrons. The summed E-state index contributed by atoms with van der Waals surface area (Å²) in [6, 6.07) is 14.1. The van der Waals surface area contributed by atoms with E-state index in [1.807, 2.05) is 30.3 Å². The third kappa shape index (κ3) is 3.21. The van der Waals surface area contributed by atoms with Crippen molar-refractivity contribution >= 4 is 34.6 Å². The molecule has 2 N–H and O–H groups in total. The fourth-order valence-corrected chi connectivity index (χ4v) is 3.23. The van der Waals surface area contributed by atoms with Gasteiger partial charge in [-0.2, -0.15) is 0 Å². The minimum absolute atomic E-state index is 0.0985. The summed E-state index contributed by atoms with van der Waals surface area (Å²) in [7, 11) is 0. The third-order valence-electron chi connectivity index (χ3n) is 4.69. The Bertz CT molecular complexity index is 865. The Kier molecular flexibility index (Phi) is 4.46. The van der Waals surface area contributed by atoms with E-state index < -0.39 is 0 Å². The number of hydrogen-bond donors (Lipinski definition) is 2. The summed E-state index contributed by atoms with van der Waals surface area (Å²) in [5.41, 5.74) is 5.47. The van der Waals surface area contributed by atoms with E-state index in [0.717, 1.165) is 48.8 Å². The number of carbonyl (C=O) groups excluding carboxylic acids is 1. The largest absolute Gasteiger partial charge is 0.378 e. The molecule has 0 saturated carbocycles. The first kappa shape index (κ1) is 16.4. The van der Waals surface area contributed by atoms with Gasteiger partial charge >= 0.3 is 0 Å². The van der Waals surface area contributed by atoms with Gasteiger partial charge in [0.05, 0.1) is 18.8 Å². The molecule has 1 saturated heterocycles. The van der Waals surface area contributed by atoms with Crippen molar-refractivity contribution in [1.29, 1.82) is 0 Å². The first-order valence-corrected chi connectivity index (χ1v) is 8.72. The van der Waals surface area contributed by atoms with Crippen molar-refractivity contribution in [3.8, 4) is 0 Å². The predicted molar refractivity (Wildman–Crippen MR) is 106 cm³/mol. The highest BCUT2D eigenvalue weighted by atomic mass is 16.5. The van der Waals surface area contributed by atoms with Crippen LogP contribution in [0.5, 0.6) is 0 Å². The lowest BCUT2D eigenvalue weighted by Crippen LogP contribution is -2.36. The molecule has 0 aliphatic carbocycles. The molecule has 1 amide bonds. The van der Waals surface area contributed by atoms with Gasteiger partial charge in [-0.1, -0.05) is 24.8 Å². The van der Waals surface area contributed by atoms with Crippen LogP contribution in [0.2, 0.25) is 0 Å². The number of hydrogen-bond acceptors (Lipinski definition) is 4. The van der Waals surface area contributed by atoms with Gasteiger partial charge in [-0.15, -0.1) is 0 Å². The van der Waals surface area contributed by atoms with Crippen molar-refractivity contribution in [3.63, 3.8) is 0 Å². The fraction of sp³-hybridized carbons (Fsp3) is 0.190. The zero-order chi connectivity index (χ0) is 17.9. The van der Waals surface area contributed by atoms with E-state index in [-0.39, 0.29) is 5.91 Å². The van der Waals surface area contributed by atoms with Gasteiger partial charge in [-0.3, -0.25) is 4.79 Å². The molecule has 0 radical (unpaired) electrons. The van der Waals surface area contributed by atoms with E-state index in [9.17, 15) is 4.79 Å². The summed E-state index contributed by atoms with van der Waals surface area (Å²) in [6.45, 7) is 7.14. The molecule has 0 spiro atoms. The topological polar surface area (TPSA) is 53.6 Å². The number of rotatable bonds is 4. The van der Waals surface area contributed by atoms with E-state index >= 15 is 0 Å². The minimum Gasteiger partial charge on any atom is -0.378 e. The molecule has 1 fully saturated rings. The molecule has 0 bridgehead atoms. The van der Waals surface area contributed by atoms with Crippen LogP contribution in [0.1, 0.15) is 11.1 Å². The molecular formula is C21H21N3O2. The van der Waals surface area contributed by atoms with Crippen LogP contribution in [0, 0.1) is 0 Å². The van der Waals surface area contributed by atoms with E-state index in [0.29, 0.717) is 5.57 Å². The van der Waals surface area contributed by atoms with Gasteiger partial charge in [0.2, 0.25) is 0 Å².